The van der Waals surface area contributed by atoms with Gasteiger partial charge in [0.15, 0.2) is 12.6 Å². The highest BCUT2D eigenvalue weighted by Gasteiger charge is 2.26. The summed E-state index contributed by atoms with van der Waals surface area (Å²) in [6, 6.07) is 0. The monoisotopic (exact) mass is 144 g/mol. The first-order valence-corrected chi connectivity index (χ1v) is 3.49. The number of carbonyl (C=O) groups is 1. The topological polar surface area (TPSA) is 35.5 Å². The minimum Gasteiger partial charge on any atom is -0.324 e. The summed E-state index contributed by atoms with van der Waals surface area (Å²) in [5.74, 6) is 0.187. The molecule has 0 aromatic carbocycles. The molecule has 0 bridgehead atoms. The van der Waals surface area contributed by atoms with Crippen molar-refractivity contribution < 1.29 is 14.3 Å². The maximum atomic E-state index is 10.5. The number of hydrogen-bond donors (Lipinski definition) is 0. The van der Waals surface area contributed by atoms with Crippen molar-refractivity contribution in [3.8, 4) is 0 Å². The van der Waals surface area contributed by atoms with E-state index in [9.17, 15) is 4.79 Å². The molecule has 3 heteroatoms. The number of carbonyl (C=O) groups excluding carboxylic acids is 1. The molecule has 0 spiro atoms. The van der Waals surface area contributed by atoms with E-state index in [0.717, 1.165) is 0 Å². The lowest BCUT2D eigenvalue weighted by atomic mass is 10.2. The van der Waals surface area contributed by atoms with Gasteiger partial charge in [-0.2, -0.15) is 0 Å². The van der Waals surface area contributed by atoms with Crippen LogP contribution in [0, 0.1) is 0 Å². The zero-order valence-corrected chi connectivity index (χ0v) is 6.29. The summed E-state index contributed by atoms with van der Waals surface area (Å²) in [7, 11) is 0. The Labute approximate surface area is 60.3 Å². The van der Waals surface area contributed by atoms with Crippen molar-refractivity contribution in [3.63, 3.8) is 0 Å². The zero-order chi connectivity index (χ0) is 7.56. The molecule has 0 aromatic rings. The smallest absolute Gasteiger partial charge is 0.164 e. The summed E-state index contributed by atoms with van der Waals surface area (Å²) in [5, 5.41) is 0. The Morgan fingerprint density at radius 3 is 2.50 bits per heavy atom. The van der Waals surface area contributed by atoms with Crippen LogP contribution in [0.1, 0.15) is 26.7 Å². The van der Waals surface area contributed by atoms with Gasteiger partial charge < -0.3 is 14.3 Å². The van der Waals surface area contributed by atoms with Crippen LogP contribution in [0.2, 0.25) is 0 Å². The Kier molecular flexibility index (Phi) is 2.40. The second-order valence-electron chi connectivity index (χ2n) is 2.51. The molecule has 1 saturated heterocycles. The third-order valence-electron chi connectivity index (χ3n) is 1.42. The standard InChI is InChI=1S/C7H12O3/c1-5(8)3-4-7-9-6(2)10-7/h6-7H,3-4H2,1-2H3. The maximum Gasteiger partial charge on any atom is 0.164 e. The van der Waals surface area contributed by atoms with Crippen LogP contribution in [0.15, 0.2) is 0 Å². The molecule has 3 nitrogen and oxygen atoms in total. The largest absolute Gasteiger partial charge is 0.324 e. The average Bonchev–Trinajstić information content (AvgIpc) is 1.77. The molecule has 0 aromatic heterocycles. The van der Waals surface area contributed by atoms with Gasteiger partial charge in [-0.25, -0.2) is 0 Å². The normalized spacial score (nSPS) is 31.4. The van der Waals surface area contributed by atoms with Crippen LogP contribution in [-0.2, 0) is 14.3 Å². The van der Waals surface area contributed by atoms with E-state index in [-0.39, 0.29) is 18.4 Å². The van der Waals surface area contributed by atoms with Crippen molar-refractivity contribution in [1.29, 1.82) is 0 Å². The van der Waals surface area contributed by atoms with Gasteiger partial charge in [-0.15, -0.1) is 0 Å². The van der Waals surface area contributed by atoms with E-state index in [1.165, 1.54) is 0 Å². The first kappa shape index (κ1) is 7.69. The number of rotatable bonds is 3. The molecule has 1 rings (SSSR count). The quantitative estimate of drug-likeness (QED) is 0.594. The van der Waals surface area contributed by atoms with Crippen LogP contribution < -0.4 is 0 Å². The first-order valence-electron chi connectivity index (χ1n) is 3.49. The van der Waals surface area contributed by atoms with Crippen molar-refractivity contribution in [2.75, 3.05) is 0 Å². The van der Waals surface area contributed by atoms with Gasteiger partial charge >= 0.3 is 0 Å². The highest BCUT2D eigenvalue weighted by Crippen LogP contribution is 2.19. The van der Waals surface area contributed by atoms with E-state index in [2.05, 4.69) is 0 Å². The van der Waals surface area contributed by atoms with Crippen LogP contribution in [0.5, 0.6) is 0 Å². The number of Topliss-reactive ketones (excluding diaryl/α,β-unsaturated/α-hetero) is 1. The van der Waals surface area contributed by atoms with Crippen LogP contribution >= 0.6 is 0 Å². The molecule has 1 aliphatic rings. The van der Waals surface area contributed by atoms with Gasteiger partial charge in [-0.1, -0.05) is 0 Å². The minimum absolute atomic E-state index is 0.0723. The summed E-state index contributed by atoms with van der Waals surface area (Å²) in [5.41, 5.74) is 0. The number of ketones is 1. The van der Waals surface area contributed by atoms with E-state index in [0.29, 0.717) is 12.8 Å². The van der Waals surface area contributed by atoms with Crippen LogP contribution in [0.25, 0.3) is 0 Å². The van der Waals surface area contributed by atoms with Gasteiger partial charge in [-0.3, -0.25) is 0 Å². The van der Waals surface area contributed by atoms with Gasteiger partial charge in [-0.05, 0) is 13.8 Å². The molecule has 10 heavy (non-hydrogen) atoms. The zero-order valence-electron chi connectivity index (χ0n) is 6.29. The molecule has 1 aliphatic heterocycles. The van der Waals surface area contributed by atoms with Crippen molar-refractivity contribution >= 4 is 5.78 Å². The third-order valence-corrected chi connectivity index (χ3v) is 1.42. The Balaban J connectivity index is 2.00. The lowest BCUT2D eigenvalue weighted by Crippen LogP contribution is -2.38. The van der Waals surface area contributed by atoms with Gasteiger partial charge in [0.25, 0.3) is 0 Å². The molecule has 0 radical (unpaired) electrons. The minimum atomic E-state index is -0.126. The Morgan fingerprint density at radius 1 is 1.50 bits per heavy atom. The van der Waals surface area contributed by atoms with E-state index < -0.39 is 0 Å². The Bertz CT molecular complexity index is 127. The van der Waals surface area contributed by atoms with Gasteiger partial charge in [0, 0.05) is 12.8 Å². The second-order valence-corrected chi connectivity index (χ2v) is 2.51. The van der Waals surface area contributed by atoms with Crippen molar-refractivity contribution in [2.45, 2.75) is 39.3 Å². The fourth-order valence-electron chi connectivity index (χ4n) is 0.895. The Morgan fingerprint density at radius 2 is 2.10 bits per heavy atom. The lowest BCUT2D eigenvalue weighted by Gasteiger charge is -2.33. The van der Waals surface area contributed by atoms with Crippen LogP contribution in [0.4, 0.5) is 0 Å². The first-order chi connectivity index (χ1) is 4.68. The van der Waals surface area contributed by atoms with Gasteiger partial charge in [0.05, 0.1) is 0 Å². The van der Waals surface area contributed by atoms with E-state index in [1.807, 2.05) is 6.92 Å². The van der Waals surface area contributed by atoms with Gasteiger partial charge in [0.2, 0.25) is 0 Å². The molecule has 0 amide bonds. The SMILES string of the molecule is CC(=O)CCC1OC(C)O1. The fraction of sp³-hybridized carbons (Fsp3) is 0.857. The lowest BCUT2D eigenvalue weighted by molar-refractivity contribution is -0.376. The van der Waals surface area contributed by atoms with E-state index in [1.54, 1.807) is 6.92 Å². The summed E-state index contributed by atoms with van der Waals surface area (Å²) >= 11 is 0. The average molecular weight is 144 g/mol. The van der Waals surface area contributed by atoms with Crippen molar-refractivity contribution in [3.05, 3.63) is 0 Å². The summed E-state index contributed by atoms with van der Waals surface area (Å²) in [6.07, 6.45) is 1.05. The molecule has 1 fully saturated rings. The predicted octanol–water partition coefficient (Wildman–Crippen LogP) is 1.07. The molecule has 0 saturated carbocycles. The number of ether oxygens (including phenoxy) is 2. The van der Waals surface area contributed by atoms with E-state index in [4.69, 9.17) is 9.47 Å². The fourth-order valence-corrected chi connectivity index (χ4v) is 0.895. The molecular weight excluding hydrogens is 132 g/mol. The third kappa shape index (κ3) is 2.08. The molecule has 1 heterocycles. The molecule has 0 aliphatic carbocycles. The van der Waals surface area contributed by atoms with E-state index >= 15 is 0 Å². The summed E-state index contributed by atoms with van der Waals surface area (Å²) in [6.45, 7) is 3.41. The highest BCUT2D eigenvalue weighted by molar-refractivity contribution is 5.75. The van der Waals surface area contributed by atoms with Crippen LogP contribution in [-0.4, -0.2) is 18.4 Å². The van der Waals surface area contributed by atoms with Crippen LogP contribution in [0.3, 0.4) is 0 Å². The maximum absolute atomic E-state index is 10.5. The Hall–Kier alpha value is -0.410. The molecule has 0 atom stereocenters. The molecule has 0 unspecified atom stereocenters. The van der Waals surface area contributed by atoms with Crippen molar-refractivity contribution in [2.24, 2.45) is 0 Å². The highest BCUT2D eigenvalue weighted by atomic mass is 16.9. The molecule has 0 N–H and O–H groups in total. The van der Waals surface area contributed by atoms with Gasteiger partial charge in [0.1, 0.15) is 5.78 Å². The number of hydrogen-bond acceptors (Lipinski definition) is 3. The second kappa shape index (κ2) is 3.12. The van der Waals surface area contributed by atoms with Crippen molar-refractivity contribution in [1.82, 2.24) is 0 Å². The molecule has 58 valence electrons. The summed E-state index contributed by atoms with van der Waals surface area (Å²) in [4.78, 5) is 10.5. The summed E-state index contributed by atoms with van der Waals surface area (Å²) < 4.78 is 10.2. The molecular formula is C7H12O3. The predicted molar refractivity (Wildman–Crippen MR) is 35.3 cm³/mol.